The molecular formula is C21H21FN4O. The lowest BCUT2D eigenvalue weighted by Gasteiger charge is -2.08. The molecule has 0 fully saturated rings. The lowest BCUT2D eigenvalue weighted by molar-refractivity contribution is 0.0953. The summed E-state index contributed by atoms with van der Waals surface area (Å²) < 4.78 is 12.9. The van der Waals surface area contributed by atoms with Crippen molar-refractivity contribution in [2.75, 3.05) is 11.9 Å². The molecule has 27 heavy (non-hydrogen) atoms. The van der Waals surface area contributed by atoms with Crippen LogP contribution < -0.4 is 10.6 Å². The number of hydrogen-bond donors (Lipinski definition) is 2. The molecule has 1 aromatic heterocycles. The van der Waals surface area contributed by atoms with Gasteiger partial charge in [-0.2, -0.15) is 0 Å². The van der Waals surface area contributed by atoms with Crippen molar-refractivity contribution in [1.29, 1.82) is 0 Å². The average molecular weight is 364 g/mol. The Morgan fingerprint density at radius 2 is 1.63 bits per heavy atom. The van der Waals surface area contributed by atoms with Gasteiger partial charge in [-0.3, -0.25) is 4.79 Å². The van der Waals surface area contributed by atoms with Gasteiger partial charge in [0.1, 0.15) is 5.82 Å². The number of aromatic nitrogens is 2. The quantitative estimate of drug-likeness (QED) is 0.695. The molecule has 1 amide bonds. The molecule has 5 nitrogen and oxygen atoms in total. The van der Waals surface area contributed by atoms with Crippen LogP contribution in [0.2, 0.25) is 0 Å². The highest BCUT2D eigenvalue weighted by atomic mass is 19.1. The van der Waals surface area contributed by atoms with Crippen molar-refractivity contribution in [2.24, 2.45) is 0 Å². The molecular weight excluding hydrogens is 343 g/mol. The minimum atomic E-state index is -0.269. The first-order valence-corrected chi connectivity index (χ1v) is 8.69. The molecule has 0 aliphatic heterocycles. The fourth-order valence-corrected chi connectivity index (χ4v) is 2.76. The normalized spacial score (nSPS) is 10.5. The number of aryl methyl sites for hydroxylation is 2. The van der Waals surface area contributed by atoms with Gasteiger partial charge in [0.2, 0.25) is 5.95 Å². The molecule has 3 aromatic rings. The first-order chi connectivity index (χ1) is 13.0. The lowest BCUT2D eigenvalue weighted by Crippen LogP contribution is -2.26. The summed E-state index contributed by atoms with van der Waals surface area (Å²) in [6.45, 7) is 4.50. The highest BCUT2D eigenvalue weighted by Gasteiger charge is 2.07. The number of carbonyl (C=O) groups is 1. The number of benzene rings is 2. The molecule has 0 unspecified atom stereocenters. The Morgan fingerprint density at radius 3 is 2.26 bits per heavy atom. The molecule has 0 atom stereocenters. The SMILES string of the molecule is Cc1cc(C)cc(Nc2ncc(C(=O)NCCc3ccc(F)cc3)cn2)c1. The summed E-state index contributed by atoms with van der Waals surface area (Å²) in [4.78, 5) is 20.6. The molecule has 6 heteroatoms. The third-order valence-electron chi connectivity index (χ3n) is 4.00. The second-order valence-electron chi connectivity index (χ2n) is 6.43. The van der Waals surface area contributed by atoms with Gasteiger partial charge in [-0.15, -0.1) is 0 Å². The van der Waals surface area contributed by atoms with Crippen LogP contribution in [0.5, 0.6) is 0 Å². The number of amides is 1. The molecule has 0 bridgehead atoms. The molecule has 0 saturated carbocycles. The van der Waals surface area contributed by atoms with Gasteiger partial charge in [0.05, 0.1) is 5.56 Å². The highest BCUT2D eigenvalue weighted by Crippen LogP contribution is 2.17. The number of rotatable bonds is 6. The van der Waals surface area contributed by atoms with Gasteiger partial charge in [0, 0.05) is 24.6 Å². The minimum absolute atomic E-state index is 0.241. The second-order valence-corrected chi connectivity index (χ2v) is 6.43. The van der Waals surface area contributed by atoms with E-state index in [1.807, 2.05) is 26.0 Å². The standard InChI is InChI=1S/C21H21FN4O/c1-14-9-15(2)11-19(10-14)26-21-24-12-17(13-25-21)20(27)23-8-7-16-3-5-18(22)6-4-16/h3-6,9-13H,7-8H2,1-2H3,(H,23,27)(H,24,25,26). The summed E-state index contributed by atoms with van der Waals surface area (Å²) in [6.07, 6.45) is 3.61. The molecule has 0 aliphatic rings. The third-order valence-corrected chi connectivity index (χ3v) is 4.00. The van der Waals surface area contributed by atoms with Crippen molar-refractivity contribution in [2.45, 2.75) is 20.3 Å². The lowest BCUT2D eigenvalue weighted by atomic mass is 10.1. The number of halogens is 1. The van der Waals surface area contributed by atoms with Gasteiger partial charge in [0.25, 0.3) is 5.91 Å². The zero-order valence-electron chi connectivity index (χ0n) is 15.3. The predicted molar refractivity (Wildman–Crippen MR) is 104 cm³/mol. The highest BCUT2D eigenvalue weighted by molar-refractivity contribution is 5.93. The summed E-state index contributed by atoms with van der Waals surface area (Å²) in [7, 11) is 0. The van der Waals surface area contributed by atoms with Crippen molar-refractivity contribution < 1.29 is 9.18 Å². The van der Waals surface area contributed by atoms with Crippen LogP contribution in [0.4, 0.5) is 16.0 Å². The van der Waals surface area contributed by atoms with Crippen LogP contribution in [0.25, 0.3) is 0 Å². The van der Waals surface area contributed by atoms with E-state index in [1.165, 1.54) is 24.5 Å². The van der Waals surface area contributed by atoms with Crippen molar-refractivity contribution in [3.05, 3.63) is 82.9 Å². The molecule has 0 radical (unpaired) electrons. The molecule has 0 spiro atoms. The van der Waals surface area contributed by atoms with Crippen molar-refractivity contribution >= 4 is 17.5 Å². The van der Waals surface area contributed by atoms with E-state index < -0.39 is 0 Å². The summed E-state index contributed by atoms with van der Waals surface area (Å²) in [5, 5.41) is 5.95. The fraction of sp³-hybridized carbons (Fsp3) is 0.190. The Kier molecular flexibility index (Phi) is 5.76. The average Bonchev–Trinajstić information content (AvgIpc) is 2.63. The van der Waals surface area contributed by atoms with Crippen LogP contribution >= 0.6 is 0 Å². The van der Waals surface area contributed by atoms with E-state index in [2.05, 4.69) is 26.7 Å². The number of nitrogens with zero attached hydrogens (tertiary/aromatic N) is 2. The molecule has 1 heterocycles. The Morgan fingerprint density at radius 1 is 1.00 bits per heavy atom. The number of hydrogen-bond acceptors (Lipinski definition) is 4. The van der Waals surface area contributed by atoms with Crippen LogP contribution in [0.15, 0.2) is 54.9 Å². The van der Waals surface area contributed by atoms with E-state index >= 15 is 0 Å². The monoisotopic (exact) mass is 364 g/mol. The van der Waals surface area contributed by atoms with E-state index in [9.17, 15) is 9.18 Å². The van der Waals surface area contributed by atoms with Crippen molar-refractivity contribution in [1.82, 2.24) is 15.3 Å². The van der Waals surface area contributed by atoms with E-state index in [0.717, 1.165) is 22.4 Å². The van der Waals surface area contributed by atoms with Crippen LogP contribution in [0, 0.1) is 19.7 Å². The molecule has 138 valence electrons. The van der Waals surface area contributed by atoms with E-state index in [0.29, 0.717) is 24.5 Å². The Labute approximate surface area is 157 Å². The van der Waals surface area contributed by atoms with Crippen molar-refractivity contribution in [3.63, 3.8) is 0 Å². The van der Waals surface area contributed by atoms with Crippen LogP contribution in [0.1, 0.15) is 27.0 Å². The zero-order chi connectivity index (χ0) is 19.2. The van der Waals surface area contributed by atoms with E-state index in [4.69, 9.17) is 0 Å². The minimum Gasteiger partial charge on any atom is -0.352 e. The summed E-state index contributed by atoms with van der Waals surface area (Å²) in [6, 6.07) is 12.3. The van der Waals surface area contributed by atoms with Gasteiger partial charge in [-0.25, -0.2) is 14.4 Å². The summed E-state index contributed by atoms with van der Waals surface area (Å²) in [5.74, 6) is -0.0765. The molecule has 2 aromatic carbocycles. The molecule has 0 aliphatic carbocycles. The van der Waals surface area contributed by atoms with Crippen LogP contribution in [-0.2, 0) is 6.42 Å². The van der Waals surface area contributed by atoms with E-state index in [-0.39, 0.29) is 11.7 Å². The Bertz CT molecular complexity index is 904. The second kappa shape index (κ2) is 8.40. The van der Waals surface area contributed by atoms with Crippen molar-refractivity contribution in [3.8, 4) is 0 Å². The summed E-state index contributed by atoms with van der Waals surface area (Å²) in [5.41, 5.74) is 4.55. The maximum Gasteiger partial charge on any atom is 0.254 e. The number of anilines is 2. The topological polar surface area (TPSA) is 66.9 Å². The molecule has 2 N–H and O–H groups in total. The first kappa shape index (κ1) is 18.5. The number of nitrogens with one attached hydrogen (secondary N) is 2. The fourth-order valence-electron chi connectivity index (χ4n) is 2.76. The maximum absolute atomic E-state index is 12.9. The van der Waals surface area contributed by atoms with Crippen LogP contribution in [0.3, 0.4) is 0 Å². The summed E-state index contributed by atoms with van der Waals surface area (Å²) >= 11 is 0. The Hall–Kier alpha value is -3.28. The Balaban J connectivity index is 1.54. The third kappa shape index (κ3) is 5.34. The van der Waals surface area contributed by atoms with Gasteiger partial charge >= 0.3 is 0 Å². The first-order valence-electron chi connectivity index (χ1n) is 8.69. The van der Waals surface area contributed by atoms with Crippen LogP contribution in [-0.4, -0.2) is 22.4 Å². The van der Waals surface area contributed by atoms with Gasteiger partial charge in [0.15, 0.2) is 0 Å². The smallest absolute Gasteiger partial charge is 0.254 e. The zero-order valence-corrected chi connectivity index (χ0v) is 15.3. The molecule has 0 saturated heterocycles. The van der Waals surface area contributed by atoms with E-state index in [1.54, 1.807) is 12.1 Å². The van der Waals surface area contributed by atoms with Gasteiger partial charge in [-0.05, 0) is 61.2 Å². The predicted octanol–water partition coefficient (Wildman–Crippen LogP) is 3.95. The van der Waals surface area contributed by atoms with Gasteiger partial charge in [-0.1, -0.05) is 18.2 Å². The number of carbonyl (C=O) groups excluding carboxylic acids is 1. The molecule has 3 rings (SSSR count). The maximum atomic E-state index is 12.9. The largest absolute Gasteiger partial charge is 0.352 e. The van der Waals surface area contributed by atoms with Gasteiger partial charge < -0.3 is 10.6 Å².